The number of nitrogens with one attached hydrogen (secondary N) is 2. The predicted molar refractivity (Wildman–Crippen MR) is 76.7 cm³/mol. The predicted octanol–water partition coefficient (Wildman–Crippen LogP) is 2.21. The molecule has 1 aromatic rings. The molecule has 1 rings (SSSR count). The molecule has 2 N–H and O–H groups in total. The molecule has 0 bridgehead atoms. The first-order valence-corrected chi connectivity index (χ1v) is 7.18. The molecule has 0 saturated carbocycles. The number of thiophene rings is 1. The van der Waals surface area contributed by atoms with E-state index < -0.39 is 0 Å². The number of guanidine groups is 1. The molecule has 1 heterocycles. The Bertz CT molecular complexity index is 354. The normalized spacial score (nSPS) is 11.6. The quantitative estimate of drug-likeness (QED) is 0.480. The smallest absolute Gasteiger partial charge is 0.191 e. The van der Waals surface area contributed by atoms with Gasteiger partial charge in [0.2, 0.25) is 0 Å². The zero-order chi connectivity index (χ0) is 12.5. The number of aliphatic imine (C=N–C) groups is 1. The lowest BCUT2D eigenvalue weighted by Crippen LogP contribution is -2.38. The second-order valence-electron chi connectivity index (χ2n) is 3.28. The van der Waals surface area contributed by atoms with E-state index in [9.17, 15) is 0 Å². The SMILES string of the molecule is CCOCCNC(=NC)NCc1cc(Br)cs1. The van der Waals surface area contributed by atoms with E-state index in [1.54, 1.807) is 18.4 Å². The van der Waals surface area contributed by atoms with Crippen molar-refractivity contribution < 1.29 is 4.74 Å². The van der Waals surface area contributed by atoms with Crippen LogP contribution >= 0.6 is 27.3 Å². The summed E-state index contributed by atoms with van der Waals surface area (Å²) in [6.07, 6.45) is 0. The number of nitrogens with zero attached hydrogens (tertiary/aromatic N) is 1. The van der Waals surface area contributed by atoms with Gasteiger partial charge in [0.25, 0.3) is 0 Å². The first kappa shape index (κ1) is 14.5. The van der Waals surface area contributed by atoms with Gasteiger partial charge < -0.3 is 15.4 Å². The van der Waals surface area contributed by atoms with Crippen LogP contribution in [0.4, 0.5) is 0 Å². The molecule has 0 aliphatic rings. The van der Waals surface area contributed by atoms with E-state index in [1.165, 1.54) is 4.88 Å². The van der Waals surface area contributed by atoms with E-state index in [0.29, 0.717) is 6.61 Å². The molecule has 0 saturated heterocycles. The maximum Gasteiger partial charge on any atom is 0.191 e. The Morgan fingerprint density at radius 2 is 2.35 bits per heavy atom. The summed E-state index contributed by atoms with van der Waals surface area (Å²) in [5, 5.41) is 8.51. The van der Waals surface area contributed by atoms with Crippen LogP contribution in [-0.2, 0) is 11.3 Å². The van der Waals surface area contributed by atoms with Gasteiger partial charge in [0.15, 0.2) is 5.96 Å². The molecule has 0 aliphatic carbocycles. The lowest BCUT2D eigenvalue weighted by molar-refractivity contribution is 0.152. The third-order valence-electron chi connectivity index (χ3n) is 2.02. The highest BCUT2D eigenvalue weighted by atomic mass is 79.9. The summed E-state index contributed by atoms with van der Waals surface area (Å²) in [5.41, 5.74) is 0. The maximum absolute atomic E-state index is 5.25. The summed E-state index contributed by atoms with van der Waals surface area (Å²) >= 11 is 5.15. The zero-order valence-corrected chi connectivity index (χ0v) is 12.5. The van der Waals surface area contributed by atoms with Crippen LogP contribution in [0.15, 0.2) is 20.9 Å². The van der Waals surface area contributed by atoms with Gasteiger partial charge in [-0.05, 0) is 28.9 Å². The van der Waals surface area contributed by atoms with Crippen LogP contribution in [-0.4, -0.2) is 32.8 Å². The van der Waals surface area contributed by atoms with Crippen molar-refractivity contribution in [1.82, 2.24) is 10.6 Å². The Hall–Kier alpha value is -0.590. The highest BCUT2D eigenvalue weighted by Crippen LogP contribution is 2.19. The molecular weight excluding hydrogens is 302 g/mol. The Balaban J connectivity index is 2.23. The zero-order valence-electron chi connectivity index (χ0n) is 10.1. The van der Waals surface area contributed by atoms with Crippen LogP contribution in [0, 0.1) is 0 Å². The summed E-state index contributed by atoms with van der Waals surface area (Å²) in [4.78, 5) is 5.41. The summed E-state index contributed by atoms with van der Waals surface area (Å²) in [6, 6.07) is 2.10. The minimum Gasteiger partial charge on any atom is -0.380 e. The van der Waals surface area contributed by atoms with Crippen molar-refractivity contribution in [2.75, 3.05) is 26.8 Å². The molecule has 1 aromatic heterocycles. The topological polar surface area (TPSA) is 45.6 Å². The maximum atomic E-state index is 5.25. The van der Waals surface area contributed by atoms with Crippen molar-refractivity contribution in [3.8, 4) is 0 Å². The van der Waals surface area contributed by atoms with E-state index >= 15 is 0 Å². The molecule has 17 heavy (non-hydrogen) atoms. The second kappa shape index (κ2) is 8.49. The molecule has 0 spiro atoms. The molecule has 0 atom stereocenters. The monoisotopic (exact) mass is 319 g/mol. The van der Waals surface area contributed by atoms with Gasteiger partial charge in [-0.2, -0.15) is 0 Å². The summed E-state index contributed by atoms with van der Waals surface area (Å²) in [6.45, 7) is 4.98. The Morgan fingerprint density at radius 3 is 2.94 bits per heavy atom. The summed E-state index contributed by atoms with van der Waals surface area (Å²) < 4.78 is 6.37. The average molecular weight is 320 g/mol. The standard InChI is InChI=1S/C11H18BrN3OS/c1-3-16-5-4-14-11(13-2)15-7-10-6-9(12)8-17-10/h6,8H,3-5,7H2,1-2H3,(H2,13,14,15). The number of hydrogen-bond acceptors (Lipinski definition) is 3. The van der Waals surface area contributed by atoms with Gasteiger partial charge in [-0.25, -0.2) is 0 Å². The van der Waals surface area contributed by atoms with Crippen molar-refractivity contribution in [2.24, 2.45) is 4.99 Å². The molecule has 4 nitrogen and oxygen atoms in total. The van der Waals surface area contributed by atoms with Crippen LogP contribution in [0.3, 0.4) is 0 Å². The van der Waals surface area contributed by atoms with Crippen LogP contribution in [0.25, 0.3) is 0 Å². The van der Waals surface area contributed by atoms with Gasteiger partial charge >= 0.3 is 0 Å². The number of rotatable bonds is 6. The fourth-order valence-electron chi connectivity index (χ4n) is 1.22. The van der Waals surface area contributed by atoms with Crippen LogP contribution < -0.4 is 10.6 Å². The molecule has 96 valence electrons. The number of ether oxygens (including phenoxy) is 1. The molecule has 0 fully saturated rings. The third kappa shape index (κ3) is 6.05. The van der Waals surface area contributed by atoms with Crippen molar-refractivity contribution in [1.29, 1.82) is 0 Å². The van der Waals surface area contributed by atoms with Crippen molar-refractivity contribution >= 4 is 33.2 Å². The highest BCUT2D eigenvalue weighted by molar-refractivity contribution is 9.10. The molecule has 0 aliphatic heterocycles. The minimum atomic E-state index is 0.696. The van der Waals surface area contributed by atoms with E-state index in [0.717, 1.165) is 30.1 Å². The van der Waals surface area contributed by atoms with Crippen LogP contribution in [0.1, 0.15) is 11.8 Å². The lowest BCUT2D eigenvalue weighted by atomic mass is 10.4. The molecule has 0 amide bonds. The molecule has 6 heteroatoms. The highest BCUT2D eigenvalue weighted by Gasteiger charge is 2.00. The first-order chi connectivity index (χ1) is 8.26. The average Bonchev–Trinajstić information content (AvgIpc) is 2.74. The van der Waals surface area contributed by atoms with Crippen molar-refractivity contribution in [3.05, 3.63) is 20.8 Å². The third-order valence-corrected chi connectivity index (χ3v) is 3.72. The van der Waals surface area contributed by atoms with E-state index in [2.05, 4.69) is 43.0 Å². The van der Waals surface area contributed by atoms with Gasteiger partial charge in [-0.3, -0.25) is 4.99 Å². The molecule has 0 unspecified atom stereocenters. The molecular formula is C11H18BrN3OS. The van der Waals surface area contributed by atoms with E-state index in [4.69, 9.17) is 4.74 Å². The Kier molecular flexibility index (Phi) is 7.23. The fraction of sp³-hybridized carbons (Fsp3) is 0.545. The Morgan fingerprint density at radius 1 is 1.53 bits per heavy atom. The first-order valence-electron chi connectivity index (χ1n) is 5.51. The number of halogens is 1. The number of hydrogen-bond donors (Lipinski definition) is 2. The largest absolute Gasteiger partial charge is 0.380 e. The van der Waals surface area contributed by atoms with Gasteiger partial charge in [-0.15, -0.1) is 11.3 Å². The summed E-state index contributed by atoms with van der Waals surface area (Å²) in [5.74, 6) is 0.800. The van der Waals surface area contributed by atoms with E-state index in [-0.39, 0.29) is 0 Å². The van der Waals surface area contributed by atoms with Gasteiger partial charge in [-0.1, -0.05) is 0 Å². The molecule has 0 radical (unpaired) electrons. The second-order valence-corrected chi connectivity index (χ2v) is 5.19. The van der Waals surface area contributed by atoms with Gasteiger partial charge in [0.05, 0.1) is 13.2 Å². The van der Waals surface area contributed by atoms with Crippen LogP contribution in [0.2, 0.25) is 0 Å². The van der Waals surface area contributed by atoms with Crippen molar-refractivity contribution in [3.63, 3.8) is 0 Å². The minimum absolute atomic E-state index is 0.696. The Labute approximate surface area is 115 Å². The fourth-order valence-corrected chi connectivity index (χ4v) is 2.61. The van der Waals surface area contributed by atoms with Gasteiger partial charge in [0, 0.05) is 34.9 Å². The van der Waals surface area contributed by atoms with Gasteiger partial charge in [0.1, 0.15) is 0 Å². The van der Waals surface area contributed by atoms with E-state index in [1.807, 2.05) is 6.92 Å². The lowest BCUT2D eigenvalue weighted by Gasteiger charge is -2.10. The molecule has 0 aromatic carbocycles. The van der Waals surface area contributed by atoms with Crippen LogP contribution in [0.5, 0.6) is 0 Å². The van der Waals surface area contributed by atoms with Crippen molar-refractivity contribution in [2.45, 2.75) is 13.5 Å². The summed E-state index contributed by atoms with van der Waals surface area (Å²) in [7, 11) is 1.76.